The minimum atomic E-state index is -0.539. The number of nitriles is 1. The maximum absolute atomic E-state index is 10.2. The molecule has 1 aromatic rings. The van der Waals surface area contributed by atoms with Gasteiger partial charge in [0.2, 0.25) is 0 Å². The molecule has 0 amide bonds. The number of rotatable bonds is 6. The molecule has 1 fully saturated rings. The van der Waals surface area contributed by atoms with E-state index >= 15 is 0 Å². The fourth-order valence-electron chi connectivity index (χ4n) is 2.54. The van der Waals surface area contributed by atoms with Crippen molar-refractivity contribution in [3.8, 4) is 11.8 Å². The number of nitrogens with zero attached hydrogens (tertiary/aromatic N) is 1. The van der Waals surface area contributed by atoms with Gasteiger partial charge in [0.05, 0.1) is 5.60 Å². The van der Waals surface area contributed by atoms with Gasteiger partial charge in [-0.3, -0.25) is 0 Å². The summed E-state index contributed by atoms with van der Waals surface area (Å²) in [6.07, 6.45) is 3.99. The molecule has 2 N–H and O–H groups in total. The quantitative estimate of drug-likeness (QED) is 0.821. The van der Waals surface area contributed by atoms with Gasteiger partial charge in [-0.15, -0.1) is 0 Å². The Morgan fingerprint density at radius 1 is 1.32 bits per heavy atom. The molecule has 0 aromatic heterocycles. The van der Waals surface area contributed by atoms with E-state index in [0.717, 1.165) is 37.0 Å². The molecule has 19 heavy (non-hydrogen) atoms. The summed E-state index contributed by atoms with van der Waals surface area (Å²) < 4.78 is 5.37. The zero-order chi connectivity index (χ0) is 13.6. The summed E-state index contributed by atoms with van der Waals surface area (Å²) in [5.74, 6) is 0.731. The summed E-state index contributed by atoms with van der Waals surface area (Å²) in [7, 11) is 0. The Bertz CT molecular complexity index is 448. The molecule has 4 heteroatoms. The molecule has 0 unspecified atom stereocenters. The third-order valence-corrected chi connectivity index (χ3v) is 3.57. The molecule has 1 aromatic carbocycles. The van der Waals surface area contributed by atoms with Gasteiger partial charge < -0.3 is 15.2 Å². The zero-order valence-electron chi connectivity index (χ0n) is 11.1. The second-order valence-corrected chi connectivity index (χ2v) is 5.09. The first-order valence-electron chi connectivity index (χ1n) is 6.74. The summed E-state index contributed by atoms with van der Waals surface area (Å²) in [4.78, 5) is 0. The van der Waals surface area contributed by atoms with Gasteiger partial charge in [-0.1, -0.05) is 31.0 Å². The SMILES string of the molecule is N#CCOc1ccccc1CNCC1(O)CCCC1. The molecular weight excluding hydrogens is 240 g/mol. The van der Waals surface area contributed by atoms with Crippen molar-refractivity contribution in [3.63, 3.8) is 0 Å². The highest BCUT2D eigenvalue weighted by Crippen LogP contribution is 2.28. The molecule has 0 heterocycles. The lowest BCUT2D eigenvalue weighted by Gasteiger charge is -2.22. The van der Waals surface area contributed by atoms with Crippen LogP contribution < -0.4 is 10.1 Å². The van der Waals surface area contributed by atoms with Gasteiger partial charge in [0.25, 0.3) is 0 Å². The van der Waals surface area contributed by atoms with Crippen LogP contribution in [0.3, 0.4) is 0 Å². The van der Waals surface area contributed by atoms with Crippen LogP contribution in [0.15, 0.2) is 24.3 Å². The Hall–Kier alpha value is -1.57. The van der Waals surface area contributed by atoms with E-state index in [1.165, 1.54) is 0 Å². The van der Waals surface area contributed by atoms with Gasteiger partial charge in [0, 0.05) is 18.7 Å². The van der Waals surface area contributed by atoms with Gasteiger partial charge in [0.1, 0.15) is 11.8 Å². The molecule has 0 spiro atoms. The Balaban J connectivity index is 1.87. The fraction of sp³-hybridized carbons (Fsp3) is 0.533. The Morgan fingerprint density at radius 3 is 2.79 bits per heavy atom. The maximum atomic E-state index is 10.2. The Morgan fingerprint density at radius 2 is 2.05 bits per heavy atom. The van der Waals surface area contributed by atoms with Gasteiger partial charge in [0.15, 0.2) is 6.61 Å². The molecule has 4 nitrogen and oxygen atoms in total. The summed E-state index contributed by atoms with van der Waals surface area (Å²) in [5.41, 5.74) is 0.474. The van der Waals surface area contributed by atoms with Gasteiger partial charge >= 0.3 is 0 Å². The van der Waals surface area contributed by atoms with Crippen molar-refractivity contribution < 1.29 is 9.84 Å². The van der Waals surface area contributed by atoms with Crippen molar-refractivity contribution in [2.45, 2.75) is 37.8 Å². The van der Waals surface area contributed by atoms with E-state index in [1.54, 1.807) is 0 Å². The van der Waals surface area contributed by atoms with Crippen molar-refractivity contribution in [2.75, 3.05) is 13.2 Å². The normalized spacial score (nSPS) is 17.1. The number of benzene rings is 1. The Labute approximate surface area is 114 Å². The predicted molar refractivity (Wildman–Crippen MR) is 72.7 cm³/mol. The second kappa shape index (κ2) is 6.55. The topological polar surface area (TPSA) is 65.3 Å². The number of aliphatic hydroxyl groups is 1. The monoisotopic (exact) mass is 260 g/mol. The molecule has 0 radical (unpaired) electrons. The third kappa shape index (κ3) is 3.95. The van der Waals surface area contributed by atoms with Crippen LogP contribution >= 0.6 is 0 Å². The van der Waals surface area contributed by atoms with Crippen molar-refractivity contribution >= 4 is 0 Å². The first-order valence-corrected chi connectivity index (χ1v) is 6.74. The van der Waals surface area contributed by atoms with Crippen LogP contribution in [0.5, 0.6) is 5.75 Å². The Kier molecular flexibility index (Phi) is 4.78. The maximum Gasteiger partial charge on any atom is 0.174 e. The number of nitrogens with one attached hydrogen (secondary N) is 1. The molecular formula is C15H20N2O2. The van der Waals surface area contributed by atoms with Crippen LogP contribution in [0.1, 0.15) is 31.2 Å². The summed E-state index contributed by atoms with van der Waals surface area (Å²) in [6, 6.07) is 9.63. The molecule has 0 bridgehead atoms. The minimum Gasteiger partial charge on any atom is -0.478 e. The van der Waals surface area contributed by atoms with E-state index in [0.29, 0.717) is 13.1 Å². The van der Waals surface area contributed by atoms with Crippen LogP contribution in [0.4, 0.5) is 0 Å². The molecule has 1 aliphatic rings. The van der Waals surface area contributed by atoms with Crippen LogP contribution in [-0.4, -0.2) is 23.9 Å². The smallest absolute Gasteiger partial charge is 0.174 e. The zero-order valence-corrected chi connectivity index (χ0v) is 11.1. The lowest BCUT2D eigenvalue weighted by atomic mass is 10.0. The van der Waals surface area contributed by atoms with E-state index in [9.17, 15) is 5.11 Å². The lowest BCUT2D eigenvalue weighted by Crippen LogP contribution is -2.37. The third-order valence-electron chi connectivity index (χ3n) is 3.57. The van der Waals surface area contributed by atoms with Crippen molar-refractivity contribution in [1.82, 2.24) is 5.32 Å². The molecule has 1 saturated carbocycles. The lowest BCUT2D eigenvalue weighted by molar-refractivity contribution is 0.0474. The van der Waals surface area contributed by atoms with Crippen LogP contribution in [0.2, 0.25) is 0 Å². The average Bonchev–Trinajstić information content (AvgIpc) is 2.85. The second-order valence-electron chi connectivity index (χ2n) is 5.09. The first kappa shape index (κ1) is 13.9. The van der Waals surface area contributed by atoms with Crippen molar-refractivity contribution in [3.05, 3.63) is 29.8 Å². The number of hydrogen-bond acceptors (Lipinski definition) is 4. The number of para-hydroxylation sites is 1. The van der Waals surface area contributed by atoms with Crippen molar-refractivity contribution in [1.29, 1.82) is 5.26 Å². The average molecular weight is 260 g/mol. The largest absolute Gasteiger partial charge is 0.478 e. The van der Waals surface area contributed by atoms with Crippen LogP contribution in [-0.2, 0) is 6.54 Å². The van der Waals surface area contributed by atoms with Gasteiger partial charge in [-0.05, 0) is 18.9 Å². The van der Waals surface area contributed by atoms with Gasteiger partial charge in [-0.25, -0.2) is 0 Å². The van der Waals surface area contributed by atoms with Crippen molar-refractivity contribution in [2.24, 2.45) is 0 Å². The van der Waals surface area contributed by atoms with Gasteiger partial charge in [-0.2, -0.15) is 5.26 Å². The summed E-state index contributed by atoms with van der Waals surface area (Å²) >= 11 is 0. The standard InChI is InChI=1S/C15H20N2O2/c16-9-10-19-14-6-2-1-5-13(14)11-17-12-15(18)7-3-4-8-15/h1-2,5-6,17-18H,3-4,7-8,10-12H2. The predicted octanol–water partition coefficient (Wildman–Crippen LogP) is 1.98. The van der Waals surface area contributed by atoms with E-state index in [2.05, 4.69) is 5.32 Å². The summed E-state index contributed by atoms with van der Waals surface area (Å²) in [6.45, 7) is 1.31. The number of ether oxygens (including phenoxy) is 1. The molecule has 102 valence electrons. The highest BCUT2D eigenvalue weighted by Gasteiger charge is 2.30. The summed E-state index contributed by atoms with van der Waals surface area (Å²) in [5, 5.41) is 22.1. The van der Waals surface area contributed by atoms with E-state index in [1.807, 2.05) is 30.3 Å². The highest BCUT2D eigenvalue weighted by atomic mass is 16.5. The molecule has 1 aliphatic carbocycles. The van der Waals surface area contributed by atoms with E-state index < -0.39 is 5.60 Å². The molecule has 0 aliphatic heterocycles. The van der Waals surface area contributed by atoms with Crippen LogP contribution in [0.25, 0.3) is 0 Å². The molecule has 0 atom stereocenters. The fourth-order valence-corrected chi connectivity index (χ4v) is 2.54. The molecule has 0 saturated heterocycles. The first-order chi connectivity index (χ1) is 9.23. The number of hydrogen-bond donors (Lipinski definition) is 2. The van der Waals surface area contributed by atoms with Crippen LogP contribution in [0, 0.1) is 11.3 Å². The van der Waals surface area contributed by atoms with E-state index in [-0.39, 0.29) is 6.61 Å². The van der Waals surface area contributed by atoms with E-state index in [4.69, 9.17) is 10.00 Å². The minimum absolute atomic E-state index is 0.0565. The highest BCUT2D eigenvalue weighted by molar-refractivity contribution is 5.33. The molecule has 2 rings (SSSR count).